The molecule has 1 aromatic carbocycles. The molecule has 1 aliphatic heterocycles. The van der Waals surface area contributed by atoms with Gasteiger partial charge in [0.05, 0.1) is 18.8 Å². The fourth-order valence-electron chi connectivity index (χ4n) is 2.43. The molecule has 1 saturated heterocycles. The van der Waals surface area contributed by atoms with Crippen LogP contribution in [0.1, 0.15) is 16.8 Å². The van der Waals surface area contributed by atoms with Gasteiger partial charge in [-0.3, -0.25) is 4.79 Å². The van der Waals surface area contributed by atoms with Crippen LogP contribution in [0, 0.1) is 5.82 Å². The third-order valence-corrected chi connectivity index (χ3v) is 3.53. The van der Waals surface area contributed by atoms with Crippen LogP contribution in [0.25, 0.3) is 0 Å². The second-order valence-electron chi connectivity index (χ2n) is 4.75. The molecule has 0 bridgehead atoms. The summed E-state index contributed by atoms with van der Waals surface area (Å²) in [7, 11) is 2.82. The number of carboxylic acids is 1. The number of hydrogen-bond donors (Lipinski definition) is 1. The van der Waals surface area contributed by atoms with Crippen molar-refractivity contribution in [2.45, 2.75) is 18.6 Å². The highest BCUT2D eigenvalue weighted by Crippen LogP contribution is 2.27. The van der Waals surface area contributed by atoms with Gasteiger partial charge in [0.1, 0.15) is 17.6 Å². The summed E-state index contributed by atoms with van der Waals surface area (Å²) < 4.78 is 23.5. The lowest BCUT2D eigenvalue weighted by molar-refractivity contribution is -0.141. The molecule has 1 N–H and O–H groups in total. The summed E-state index contributed by atoms with van der Waals surface area (Å²) >= 11 is 0. The average molecular weight is 297 g/mol. The van der Waals surface area contributed by atoms with Gasteiger partial charge < -0.3 is 19.5 Å². The summed E-state index contributed by atoms with van der Waals surface area (Å²) in [4.78, 5) is 25.0. The Morgan fingerprint density at radius 1 is 1.38 bits per heavy atom. The zero-order valence-electron chi connectivity index (χ0n) is 11.7. The molecular weight excluding hydrogens is 281 g/mol. The maximum Gasteiger partial charge on any atom is 0.326 e. The minimum absolute atomic E-state index is 0.000466. The molecule has 1 amide bonds. The number of amides is 1. The number of rotatable bonds is 4. The Labute approximate surface area is 121 Å². The number of likely N-dealkylation sites (tertiary alicyclic amines) is 1. The average Bonchev–Trinajstić information content (AvgIpc) is 2.91. The number of benzene rings is 1. The van der Waals surface area contributed by atoms with Crippen molar-refractivity contribution >= 4 is 11.9 Å². The summed E-state index contributed by atoms with van der Waals surface area (Å²) in [5.74, 6) is -2.09. The number of nitrogens with zero attached hydrogens (tertiary/aromatic N) is 1. The second kappa shape index (κ2) is 6.09. The fourth-order valence-corrected chi connectivity index (χ4v) is 2.43. The fraction of sp³-hybridized carbons (Fsp3) is 0.429. The van der Waals surface area contributed by atoms with Gasteiger partial charge >= 0.3 is 5.97 Å². The van der Waals surface area contributed by atoms with Crippen LogP contribution in [-0.4, -0.2) is 54.8 Å². The Hall–Kier alpha value is -2.15. The summed E-state index contributed by atoms with van der Waals surface area (Å²) in [6, 6.07) is 2.56. The van der Waals surface area contributed by atoms with Gasteiger partial charge in [0.15, 0.2) is 0 Å². The molecule has 1 aromatic rings. The zero-order chi connectivity index (χ0) is 15.6. The lowest BCUT2D eigenvalue weighted by Gasteiger charge is -2.22. The molecule has 114 valence electrons. The van der Waals surface area contributed by atoms with E-state index in [1.807, 2.05) is 0 Å². The van der Waals surface area contributed by atoms with E-state index in [0.29, 0.717) is 0 Å². The summed E-state index contributed by atoms with van der Waals surface area (Å²) in [5.41, 5.74) is 0.000466. The number of halogens is 1. The van der Waals surface area contributed by atoms with Crippen LogP contribution in [0.3, 0.4) is 0 Å². The highest BCUT2D eigenvalue weighted by molar-refractivity contribution is 5.99. The highest BCUT2D eigenvalue weighted by atomic mass is 19.1. The number of carbonyl (C=O) groups is 2. The van der Waals surface area contributed by atoms with Crippen molar-refractivity contribution in [2.24, 2.45) is 0 Å². The monoisotopic (exact) mass is 297 g/mol. The van der Waals surface area contributed by atoms with E-state index in [1.54, 1.807) is 0 Å². The van der Waals surface area contributed by atoms with E-state index in [1.165, 1.54) is 31.3 Å². The predicted octanol–water partition coefficient (Wildman–Crippen LogP) is 1.15. The van der Waals surface area contributed by atoms with E-state index >= 15 is 0 Å². The molecule has 7 heteroatoms. The topological polar surface area (TPSA) is 76.1 Å². The number of hydrogen-bond acceptors (Lipinski definition) is 4. The van der Waals surface area contributed by atoms with Crippen molar-refractivity contribution in [1.82, 2.24) is 4.90 Å². The van der Waals surface area contributed by atoms with Crippen LogP contribution >= 0.6 is 0 Å². The van der Waals surface area contributed by atoms with E-state index in [0.717, 1.165) is 6.07 Å². The Kier molecular flexibility index (Phi) is 4.42. The number of aliphatic carboxylic acids is 1. The van der Waals surface area contributed by atoms with Crippen molar-refractivity contribution < 1.29 is 28.6 Å². The highest BCUT2D eigenvalue weighted by Gasteiger charge is 2.40. The van der Waals surface area contributed by atoms with Gasteiger partial charge in [-0.05, 0) is 18.2 Å². The van der Waals surface area contributed by atoms with Gasteiger partial charge in [0, 0.05) is 20.1 Å². The maximum absolute atomic E-state index is 13.4. The van der Waals surface area contributed by atoms with E-state index in [9.17, 15) is 19.1 Å². The lowest BCUT2D eigenvalue weighted by Crippen LogP contribution is -2.40. The van der Waals surface area contributed by atoms with Crippen LogP contribution in [0.2, 0.25) is 0 Å². The molecule has 2 rings (SSSR count). The molecule has 21 heavy (non-hydrogen) atoms. The van der Waals surface area contributed by atoms with Crippen molar-refractivity contribution in [2.75, 3.05) is 20.8 Å². The van der Waals surface area contributed by atoms with Gasteiger partial charge in [-0.2, -0.15) is 0 Å². The predicted molar refractivity (Wildman–Crippen MR) is 70.8 cm³/mol. The van der Waals surface area contributed by atoms with Crippen molar-refractivity contribution in [3.8, 4) is 5.75 Å². The quantitative estimate of drug-likeness (QED) is 0.902. The molecule has 0 spiro atoms. The smallest absolute Gasteiger partial charge is 0.326 e. The Morgan fingerprint density at radius 3 is 2.67 bits per heavy atom. The molecular formula is C14H16FNO5. The van der Waals surface area contributed by atoms with Gasteiger partial charge in [-0.1, -0.05) is 0 Å². The largest absolute Gasteiger partial charge is 0.496 e. The molecule has 2 atom stereocenters. The molecule has 0 aromatic heterocycles. The Morgan fingerprint density at radius 2 is 2.10 bits per heavy atom. The molecule has 1 heterocycles. The normalized spacial score (nSPS) is 21.4. The first-order valence-electron chi connectivity index (χ1n) is 6.38. The van der Waals surface area contributed by atoms with Gasteiger partial charge in [0.2, 0.25) is 0 Å². The standard InChI is InChI=1S/C14H16FNO5/c1-20-9-6-11(14(18)19)16(7-9)13(17)10-5-8(15)3-4-12(10)21-2/h3-5,9,11H,6-7H2,1-2H3,(H,18,19). The zero-order valence-corrected chi connectivity index (χ0v) is 11.7. The number of ether oxygens (including phenoxy) is 2. The van der Waals surface area contributed by atoms with Crippen molar-refractivity contribution in [1.29, 1.82) is 0 Å². The molecule has 0 radical (unpaired) electrons. The van der Waals surface area contributed by atoms with Crippen LogP contribution in [0.4, 0.5) is 4.39 Å². The molecule has 0 saturated carbocycles. The summed E-state index contributed by atoms with van der Waals surface area (Å²) in [6.07, 6.45) is -0.149. The minimum atomic E-state index is -1.11. The van der Waals surface area contributed by atoms with Crippen LogP contribution in [0.5, 0.6) is 5.75 Å². The Bertz CT molecular complexity index is 562. The maximum atomic E-state index is 13.4. The summed E-state index contributed by atoms with van der Waals surface area (Å²) in [5, 5.41) is 9.22. The first kappa shape index (κ1) is 15.2. The number of carboxylic acid groups (broad SMARTS) is 1. The van der Waals surface area contributed by atoms with E-state index in [-0.39, 0.29) is 30.4 Å². The summed E-state index contributed by atoms with van der Waals surface area (Å²) in [6.45, 7) is 0.145. The van der Waals surface area contributed by atoms with E-state index < -0.39 is 23.7 Å². The first-order chi connectivity index (χ1) is 9.97. The van der Waals surface area contributed by atoms with E-state index in [2.05, 4.69) is 0 Å². The van der Waals surface area contributed by atoms with Crippen LogP contribution in [0.15, 0.2) is 18.2 Å². The van der Waals surface area contributed by atoms with Gasteiger partial charge in [0.25, 0.3) is 5.91 Å². The van der Waals surface area contributed by atoms with Crippen LogP contribution < -0.4 is 4.74 Å². The third kappa shape index (κ3) is 2.97. The molecule has 0 aliphatic carbocycles. The molecule has 2 unspecified atom stereocenters. The van der Waals surface area contributed by atoms with Crippen molar-refractivity contribution in [3.05, 3.63) is 29.6 Å². The third-order valence-electron chi connectivity index (χ3n) is 3.53. The van der Waals surface area contributed by atoms with Crippen molar-refractivity contribution in [3.63, 3.8) is 0 Å². The van der Waals surface area contributed by atoms with Crippen LogP contribution in [-0.2, 0) is 9.53 Å². The lowest BCUT2D eigenvalue weighted by atomic mass is 10.1. The van der Waals surface area contributed by atoms with E-state index in [4.69, 9.17) is 9.47 Å². The second-order valence-corrected chi connectivity index (χ2v) is 4.75. The van der Waals surface area contributed by atoms with Gasteiger partial charge in [-0.25, -0.2) is 9.18 Å². The SMILES string of the molecule is COc1ccc(F)cc1C(=O)N1CC(OC)CC1C(=O)O. The molecule has 6 nitrogen and oxygen atoms in total. The number of carbonyl (C=O) groups excluding carboxylic acids is 1. The minimum Gasteiger partial charge on any atom is -0.496 e. The first-order valence-corrected chi connectivity index (χ1v) is 6.38. The number of methoxy groups -OCH3 is 2. The Balaban J connectivity index is 2.34. The molecule has 1 aliphatic rings. The molecule has 1 fully saturated rings. The van der Waals surface area contributed by atoms with Gasteiger partial charge in [-0.15, -0.1) is 0 Å².